The molecule has 1 saturated heterocycles. The van der Waals surface area contributed by atoms with Gasteiger partial charge in [0.1, 0.15) is 0 Å². The normalized spacial score (nSPS) is 22.4. The van der Waals surface area contributed by atoms with Crippen LogP contribution in [0.5, 0.6) is 0 Å². The number of halogens is 1. The van der Waals surface area contributed by atoms with Crippen LogP contribution < -0.4 is 5.32 Å². The van der Waals surface area contributed by atoms with E-state index in [1.54, 1.807) is 0 Å². The molecule has 0 aliphatic carbocycles. The van der Waals surface area contributed by atoms with Gasteiger partial charge >= 0.3 is 0 Å². The van der Waals surface area contributed by atoms with Crippen LogP contribution in [0.25, 0.3) is 0 Å². The predicted octanol–water partition coefficient (Wildman–Crippen LogP) is 1.65. The van der Waals surface area contributed by atoms with Crippen molar-refractivity contribution in [2.24, 2.45) is 5.92 Å². The van der Waals surface area contributed by atoms with Crippen molar-refractivity contribution in [3.63, 3.8) is 0 Å². The van der Waals surface area contributed by atoms with Crippen molar-refractivity contribution in [2.45, 2.75) is 19.4 Å². The van der Waals surface area contributed by atoms with Crippen LogP contribution in [-0.2, 0) is 6.54 Å². The molecule has 1 aromatic heterocycles. The van der Waals surface area contributed by atoms with Crippen molar-refractivity contribution in [1.29, 1.82) is 0 Å². The maximum absolute atomic E-state index is 4.13. The molecule has 1 N–H and O–H groups in total. The predicted molar refractivity (Wildman–Crippen MR) is 55.5 cm³/mol. The van der Waals surface area contributed by atoms with E-state index in [-0.39, 0.29) is 0 Å². The Morgan fingerprint density at radius 1 is 1.69 bits per heavy atom. The van der Waals surface area contributed by atoms with Crippen LogP contribution in [0.15, 0.2) is 17.1 Å². The molecule has 2 rings (SSSR count). The minimum absolute atomic E-state index is 0.856. The van der Waals surface area contributed by atoms with Crippen molar-refractivity contribution in [2.75, 3.05) is 13.1 Å². The molecule has 1 aliphatic heterocycles. The van der Waals surface area contributed by atoms with Crippen molar-refractivity contribution in [3.05, 3.63) is 17.1 Å². The first-order valence-corrected chi connectivity index (χ1v) is 5.53. The van der Waals surface area contributed by atoms with Crippen LogP contribution >= 0.6 is 15.9 Å². The Morgan fingerprint density at radius 2 is 2.62 bits per heavy atom. The molecule has 1 unspecified atom stereocenters. The highest BCUT2D eigenvalue weighted by Gasteiger charge is 2.14. The molecule has 2 heterocycles. The van der Waals surface area contributed by atoms with Gasteiger partial charge in [-0.05, 0) is 47.8 Å². The Labute approximate surface area is 86.7 Å². The lowest BCUT2D eigenvalue weighted by Crippen LogP contribution is -2.11. The number of imidazole rings is 1. The van der Waals surface area contributed by atoms with Gasteiger partial charge in [0, 0.05) is 18.9 Å². The van der Waals surface area contributed by atoms with E-state index in [2.05, 4.69) is 30.8 Å². The van der Waals surface area contributed by atoms with E-state index >= 15 is 0 Å². The van der Waals surface area contributed by atoms with Gasteiger partial charge in [-0.15, -0.1) is 0 Å². The van der Waals surface area contributed by atoms with E-state index in [1.807, 2.05) is 12.4 Å². The molecule has 0 amide bonds. The summed E-state index contributed by atoms with van der Waals surface area (Å²) in [5.41, 5.74) is 0. The second-order valence-corrected chi connectivity index (χ2v) is 4.25. The number of nitrogens with zero attached hydrogens (tertiary/aromatic N) is 2. The fourth-order valence-corrected chi connectivity index (χ4v) is 2.17. The number of aromatic nitrogens is 2. The Bertz CT molecular complexity index is 266. The summed E-state index contributed by atoms with van der Waals surface area (Å²) in [6.07, 6.45) is 6.43. The zero-order valence-electron chi connectivity index (χ0n) is 7.54. The highest BCUT2D eigenvalue weighted by atomic mass is 79.9. The number of nitrogens with one attached hydrogen (secondary N) is 1. The average molecular weight is 244 g/mol. The zero-order valence-corrected chi connectivity index (χ0v) is 9.13. The lowest BCUT2D eigenvalue weighted by atomic mass is 10.1. The van der Waals surface area contributed by atoms with Crippen LogP contribution in [0, 0.1) is 5.92 Å². The van der Waals surface area contributed by atoms with E-state index in [0.29, 0.717) is 0 Å². The molecule has 72 valence electrons. The quantitative estimate of drug-likeness (QED) is 0.876. The maximum atomic E-state index is 4.13. The van der Waals surface area contributed by atoms with Gasteiger partial charge in [0.15, 0.2) is 4.73 Å². The fourth-order valence-electron chi connectivity index (χ4n) is 1.76. The first-order chi connectivity index (χ1) is 6.36. The number of aryl methyl sites for hydroxylation is 1. The summed E-state index contributed by atoms with van der Waals surface area (Å²) < 4.78 is 3.09. The van der Waals surface area contributed by atoms with Crippen molar-refractivity contribution in [3.8, 4) is 0 Å². The smallest absolute Gasteiger partial charge is 0.177 e. The highest BCUT2D eigenvalue weighted by molar-refractivity contribution is 9.10. The van der Waals surface area contributed by atoms with E-state index in [4.69, 9.17) is 0 Å². The summed E-state index contributed by atoms with van der Waals surface area (Å²) in [6, 6.07) is 0. The number of hydrogen-bond acceptors (Lipinski definition) is 2. The van der Waals surface area contributed by atoms with Gasteiger partial charge in [-0.1, -0.05) is 0 Å². The van der Waals surface area contributed by atoms with Crippen molar-refractivity contribution >= 4 is 15.9 Å². The van der Waals surface area contributed by atoms with Gasteiger partial charge < -0.3 is 9.88 Å². The second kappa shape index (κ2) is 4.24. The molecule has 3 nitrogen and oxygen atoms in total. The molecule has 0 radical (unpaired) electrons. The number of hydrogen-bond donors (Lipinski definition) is 1. The summed E-state index contributed by atoms with van der Waals surface area (Å²) in [5.74, 6) is 0.856. The topological polar surface area (TPSA) is 29.9 Å². The van der Waals surface area contributed by atoms with E-state index in [0.717, 1.165) is 17.2 Å². The van der Waals surface area contributed by atoms with Gasteiger partial charge in [0.2, 0.25) is 0 Å². The van der Waals surface area contributed by atoms with Gasteiger partial charge in [0.05, 0.1) is 0 Å². The Morgan fingerprint density at radius 3 is 3.23 bits per heavy atom. The first kappa shape index (κ1) is 9.21. The molecular weight excluding hydrogens is 230 g/mol. The zero-order chi connectivity index (χ0) is 9.10. The first-order valence-electron chi connectivity index (χ1n) is 4.73. The van der Waals surface area contributed by atoms with Crippen LogP contribution in [0.4, 0.5) is 0 Å². The Kier molecular flexibility index (Phi) is 3.01. The molecule has 0 bridgehead atoms. The lowest BCUT2D eigenvalue weighted by molar-refractivity contribution is 0.476. The van der Waals surface area contributed by atoms with Gasteiger partial charge in [-0.3, -0.25) is 0 Å². The third-order valence-corrected chi connectivity index (χ3v) is 3.27. The third-order valence-electron chi connectivity index (χ3n) is 2.61. The largest absolute Gasteiger partial charge is 0.326 e. The summed E-state index contributed by atoms with van der Waals surface area (Å²) in [5, 5.41) is 3.38. The Hall–Kier alpha value is -0.350. The van der Waals surface area contributed by atoms with E-state index in [9.17, 15) is 0 Å². The lowest BCUT2D eigenvalue weighted by Gasteiger charge is -2.08. The molecule has 0 spiro atoms. The Balaban J connectivity index is 1.82. The van der Waals surface area contributed by atoms with Gasteiger partial charge in [-0.2, -0.15) is 0 Å². The van der Waals surface area contributed by atoms with Gasteiger partial charge in [-0.25, -0.2) is 4.98 Å². The average Bonchev–Trinajstić information content (AvgIpc) is 2.72. The van der Waals surface area contributed by atoms with Crippen LogP contribution in [0.3, 0.4) is 0 Å². The molecule has 1 fully saturated rings. The summed E-state index contributed by atoms with van der Waals surface area (Å²) >= 11 is 3.41. The van der Waals surface area contributed by atoms with E-state index < -0.39 is 0 Å². The summed E-state index contributed by atoms with van der Waals surface area (Å²) in [7, 11) is 0. The molecule has 1 aromatic rings. The second-order valence-electron chi connectivity index (χ2n) is 3.54. The fraction of sp³-hybridized carbons (Fsp3) is 0.667. The standard InChI is InChI=1S/C9H14BrN3/c10-9-12-4-6-13(9)5-2-8-1-3-11-7-8/h4,6,8,11H,1-3,5,7H2. The van der Waals surface area contributed by atoms with Crippen LogP contribution in [0.1, 0.15) is 12.8 Å². The van der Waals surface area contributed by atoms with Crippen LogP contribution in [0.2, 0.25) is 0 Å². The van der Waals surface area contributed by atoms with Crippen LogP contribution in [-0.4, -0.2) is 22.6 Å². The molecule has 0 aromatic carbocycles. The number of rotatable bonds is 3. The molecule has 1 atom stereocenters. The van der Waals surface area contributed by atoms with E-state index in [1.165, 1.54) is 25.9 Å². The highest BCUT2D eigenvalue weighted by Crippen LogP contribution is 2.15. The molecular formula is C9H14BrN3. The summed E-state index contributed by atoms with van der Waals surface area (Å²) in [4.78, 5) is 4.13. The third kappa shape index (κ3) is 2.31. The molecule has 4 heteroatoms. The van der Waals surface area contributed by atoms with Crippen molar-refractivity contribution < 1.29 is 0 Å². The minimum atomic E-state index is 0.856. The monoisotopic (exact) mass is 243 g/mol. The SMILES string of the molecule is Brc1nccn1CCC1CCNC1. The van der Waals surface area contributed by atoms with Crippen molar-refractivity contribution in [1.82, 2.24) is 14.9 Å². The molecule has 0 saturated carbocycles. The molecule has 1 aliphatic rings. The minimum Gasteiger partial charge on any atom is -0.326 e. The summed E-state index contributed by atoms with van der Waals surface area (Å²) in [6.45, 7) is 3.45. The molecule has 13 heavy (non-hydrogen) atoms. The maximum Gasteiger partial charge on any atom is 0.177 e. The van der Waals surface area contributed by atoms with Gasteiger partial charge in [0.25, 0.3) is 0 Å².